The van der Waals surface area contributed by atoms with Gasteiger partial charge in [0.1, 0.15) is 5.75 Å². The Balaban J connectivity index is 1.47. The number of urea groups is 1. The minimum absolute atomic E-state index is 0.0226. The largest absolute Gasteiger partial charge is 0.497 e. The summed E-state index contributed by atoms with van der Waals surface area (Å²) in [5.74, 6) is 0.864. The Morgan fingerprint density at radius 3 is 2.53 bits per heavy atom. The minimum Gasteiger partial charge on any atom is -0.497 e. The first-order valence-electron chi connectivity index (χ1n) is 16.5. The molecule has 3 amide bonds. The number of rotatable bonds is 15. The summed E-state index contributed by atoms with van der Waals surface area (Å²) in [6, 6.07) is 22.5. The molecule has 3 aromatic rings. The Hall–Kier alpha value is -3.79. The lowest BCUT2D eigenvalue weighted by atomic mass is 9.84. The molecule has 0 aromatic heterocycles. The molecule has 4 rings (SSSR count). The molecular weight excluding hydrogens is 616 g/mol. The normalized spacial score (nSPS) is 15.9. The van der Waals surface area contributed by atoms with Gasteiger partial charge in [0, 0.05) is 48.7 Å². The maximum Gasteiger partial charge on any atom is 0.406 e. The molecule has 0 saturated carbocycles. The summed E-state index contributed by atoms with van der Waals surface area (Å²) in [4.78, 5) is 27.1. The van der Waals surface area contributed by atoms with Gasteiger partial charge in [-0.1, -0.05) is 67.1 Å². The molecule has 0 aliphatic carbocycles. The Morgan fingerprint density at radius 2 is 1.81 bits per heavy atom. The summed E-state index contributed by atoms with van der Waals surface area (Å²) in [5.41, 5.74) is 5.39. The van der Waals surface area contributed by atoms with E-state index in [1.807, 2.05) is 36.2 Å². The van der Waals surface area contributed by atoms with Crippen LogP contribution in [0.5, 0.6) is 5.75 Å². The molecule has 3 unspecified atom stereocenters. The highest BCUT2D eigenvalue weighted by Gasteiger charge is 2.33. The molecule has 1 fully saturated rings. The van der Waals surface area contributed by atoms with E-state index in [4.69, 9.17) is 25.8 Å². The van der Waals surface area contributed by atoms with Gasteiger partial charge in [-0.2, -0.15) is 0 Å². The van der Waals surface area contributed by atoms with Gasteiger partial charge in [0.2, 0.25) is 0 Å². The van der Waals surface area contributed by atoms with Crippen LogP contribution >= 0.6 is 11.6 Å². The van der Waals surface area contributed by atoms with Gasteiger partial charge < -0.3 is 35.1 Å². The van der Waals surface area contributed by atoms with Crippen molar-refractivity contribution in [2.75, 3.05) is 54.1 Å². The van der Waals surface area contributed by atoms with E-state index < -0.39 is 6.09 Å². The number of likely N-dealkylation sites (tertiary alicyclic amines) is 1. The second kappa shape index (κ2) is 18.5. The Labute approximate surface area is 284 Å². The minimum atomic E-state index is -0.505. The first-order chi connectivity index (χ1) is 22.9. The SMILES string of the molecule is CCc1cccc(-c2c(Cl)cccc2C(OCCNC(=O)OC)C2CCCN(C(=O)NCC(CCc3ccc(OC)cc3)NC)C2)c1. The van der Waals surface area contributed by atoms with Crippen LogP contribution in [0.1, 0.15) is 49.0 Å². The van der Waals surface area contributed by atoms with Crippen LogP contribution in [-0.4, -0.2) is 77.1 Å². The number of ether oxygens (including phenoxy) is 3. The van der Waals surface area contributed by atoms with E-state index in [1.165, 1.54) is 18.2 Å². The van der Waals surface area contributed by atoms with Crippen molar-refractivity contribution in [3.63, 3.8) is 0 Å². The van der Waals surface area contributed by atoms with Gasteiger partial charge in [-0.25, -0.2) is 9.59 Å². The van der Waals surface area contributed by atoms with Crippen molar-refractivity contribution in [2.24, 2.45) is 5.92 Å². The standard InChI is InChI=1S/C37H49ClN4O5/c1-5-26-9-6-10-28(23-26)34-32(12-7-13-33(34)38)35(47-22-20-40-37(44)46-4)29-11-8-21-42(25-29)36(43)41-24-30(39-2)17-14-27-15-18-31(45-3)19-16-27/h6-7,9-10,12-13,15-16,18-19,23,29-30,35,39H,5,8,11,14,17,20-22,24-25H2,1-4H3,(H,40,44)(H,41,43). The van der Waals surface area contributed by atoms with Crippen LogP contribution in [-0.2, 0) is 22.3 Å². The number of hydrogen-bond donors (Lipinski definition) is 3. The van der Waals surface area contributed by atoms with E-state index in [2.05, 4.69) is 65.3 Å². The molecule has 3 N–H and O–H groups in total. The summed E-state index contributed by atoms with van der Waals surface area (Å²) < 4.78 is 16.6. The summed E-state index contributed by atoms with van der Waals surface area (Å²) in [6.07, 6.45) is 3.58. The van der Waals surface area contributed by atoms with Crippen molar-refractivity contribution in [1.29, 1.82) is 0 Å². The van der Waals surface area contributed by atoms with E-state index in [1.54, 1.807) is 7.11 Å². The lowest BCUT2D eigenvalue weighted by Gasteiger charge is -2.38. The maximum absolute atomic E-state index is 13.5. The number of amides is 3. The highest BCUT2D eigenvalue weighted by atomic mass is 35.5. The lowest BCUT2D eigenvalue weighted by molar-refractivity contribution is -0.00816. The molecule has 0 spiro atoms. The molecule has 3 atom stereocenters. The number of halogens is 1. The Bertz CT molecular complexity index is 1440. The zero-order valence-corrected chi connectivity index (χ0v) is 28.8. The third-order valence-electron chi connectivity index (χ3n) is 8.85. The number of hydrogen-bond acceptors (Lipinski definition) is 6. The fraction of sp³-hybridized carbons (Fsp3) is 0.459. The molecule has 1 heterocycles. The number of aryl methyl sites for hydroxylation is 2. The zero-order valence-electron chi connectivity index (χ0n) is 28.0. The molecule has 47 heavy (non-hydrogen) atoms. The number of nitrogens with one attached hydrogen (secondary N) is 3. The van der Waals surface area contributed by atoms with Crippen molar-refractivity contribution in [3.05, 3.63) is 88.4 Å². The van der Waals surface area contributed by atoms with E-state index in [9.17, 15) is 9.59 Å². The molecule has 3 aromatic carbocycles. The number of piperidine rings is 1. The Morgan fingerprint density at radius 1 is 1.02 bits per heavy atom. The van der Waals surface area contributed by atoms with E-state index >= 15 is 0 Å². The van der Waals surface area contributed by atoms with Crippen molar-refractivity contribution >= 4 is 23.7 Å². The predicted octanol–water partition coefficient (Wildman–Crippen LogP) is 6.63. The van der Waals surface area contributed by atoms with E-state index in [-0.39, 0.29) is 30.7 Å². The number of nitrogens with zero attached hydrogens (tertiary/aromatic N) is 1. The smallest absolute Gasteiger partial charge is 0.406 e. The average Bonchev–Trinajstić information content (AvgIpc) is 3.11. The molecule has 0 radical (unpaired) electrons. The summed E-state index contributed by atoms with van der Waals surface area (Å²) in [5, 5.41) is 9.87. The second-order valence-corrected chi connectivity index (χ2v) is 12.3. The number of carbonyl (C=O) groups excluding carboxylic acids is 2. The average molecular weight is 665 g/mol. The monoisotopic (exact) mass is 664 g/mol. The molecule has 1 saturated heterocycles. The van der Waals surface area contributed by atoms with Gasteiger partial charge in [-0.3, -0.25) is 0 Å². The van der Waals surface area contributed by atoms with Crippen LogP contribution in [0.4, 0.5) is 9.59 Å². The highest BCUT2D eigenvalue weighted by Crippen LogP contribution is 2.41. The summed E-state index contributed by atoms with van der Waals surface area (Å²) >= 11 is 6.89. The molecular formula is C37H49ClN4O5. The first kappa shape index (κ1) is 36.1. The third kappa shape index (κ3) is 10.3. The molecule has 254 valence electrons. The highest BCUT2D eigenvalue weighted by molar-refractivity contribution is 6.33. The molecule has 9 nitrogen and oxygen atoms in total. The van der Waals surface area contributed by atoms with Crippen molar-refractivity contribution in [3.8, 4) is 16.9 Å². The maximum atomic E-state index is 13.5. The topological polar surface area (TPSA) is 101 Å². The first-order valence-corrected chi connectivity index (χ1v) is 16.9. The summed E-state index contributed by atoms with van der Waals surface area (Å²) in [6.45, 7) is 4.45. The van der Waals surface area contributed by atoms with Crippen molar-refractivity contribution in [2.45, 2.75) is 51.2 Å². The van der Waals surface area contributed by atoms with Crippen LogP contribution in [0.15, 0.2) is 66.7 Å². The predicted molar refractivity (Wildman–Crippen MR) is 187 cm³/mol. The van der Waals surface area contributed by atoms with Gasteiger partial charge in [0.15, 0.2) is 0 Å². The fourth-order valence-electron chi connectivity index (χ4n) is 6.17. The number of benzene rings is 3. The van der Waals surface area contributed by atoms with E-state index in [0.717, 1.165) is 54.5 Å². The van der Waals surface area contributed by atoms with Gasteiger partial charge in [0.05, 0.1) is 26.9 Å². The fourth-order valence-corrected chi connectivity index (χ4v) is 6.46. The van der Waals surface area contributed by atoms with Crippen LogP contribution in [0.3, 0.4) is 0 Å². The molecule has 1 aliphatic heterocycles. The van der Waals surface area contributed by atoms with Crippen LogP contribution < -0.4 is 20.7 Å². The molecule has 10 heteroatoms. The molecule has 1 aliphatic rings. The van der Waals surface area contributed by atoms with Gasteiger partial charge in [-0.15, -0.1) is 0 Å². The second-order valence-electron chi connectivity index (χ2n) is 11.9. The number of alkyl carbamates (subject to hydrolysis) is 1. The van der Waals surface area contributed by atoms with Gasteiger partial charge >= 0.3 is 12.1 Å². The third-order valence-corrected chi connectivity index (χ3v) is 9.17. The van der Waals surface area contributed by atoms with Crippen LogP contribution in [0.2, 0.25) is 5.02 Å². The van der Waals surface area contributed by atoms with Crippen molar-refractivity contribution < 1.29 is 23.8 Å². The Kier molecular flexibility index (Phi) is 14.2. The van der Waals surface area contributed by atoms with Crippen molar-refractivity contribution in [1.82, 2.24) is 20.9 Å². The van der Waals surface area contributed by atoms with Gasteiger partial charge in [0.25, 0.3) is 0 Å². The number of carbonyl (C=O) groups is 2. The van der Waals surface area contributed by atoms with E-state index in [0.29, 0.717) is 31.2 Å². The summed E-state index contributed by atoms with van der Waals surface area (Å²) in [7, 11) is 4.93. The van der Waals surface area contributed by atoms with Gasteiger partial charge in [-0.05, 0) is 79.6 Å². The zero-order chi connectivity index (χ0) is 33.6. The quantitative estimate of drug-likeness (QED) is 0.158. The molecule has 0 bridgehead atoms. The van der Waals surface area contributed by atoms with Crippen LogP contribution in [0.25, 0.3) is 11.1 Å². The lowest BCUT2D eigenvalue weighted by Crippen LogP contribution is -2.49. The van der Waals surface area contributed by atoms with Crippen LogP contribution in [0, 0.1) is 5.92 Å². The number of likely N-dealkylation sites (N-methyl/N-ethyl adjacent to an activating group) is 1. The number of methoxy groups -OCH3 is 2.